The molecule has 0 atom stereocenters. The highest BCUT2D eigenvalue weighted by molar-refractivity contribution is 5.80. The van der Waals surface area contributed by atoms with E-state index < -0.39 is 0 Å². The van der Waals surface area contributed by atoms with Gasteiger partial charge in [-0.2, -0.15) is 0 Å². The molecule has 0 N–H and O–H groups in total. The lowest BCUT2D eigenvalue weighted by Gasteiger charge is -2.32. The minimum Gasteiger partial charge on any atom is -0.338 e. The second-order valence-corrected chi connectivity index (χ2v) is 6.05. The van der Waals surface area contributed by atoms with Crippen molar-refractivity contribution in [2.75, 3.05) is 38.1 Å². The number of fused-ring (bicyclic) bond motifs is 1. The van der Waals surface area contributed by atoms with Crippen LogP contribution in [0.5, 0.6) is 0 Å². The molecule has 4 rings (SSSR count). The maximum Gasteiger partial charge on any atom is 0.225 e. The molecule has 1 fully saturated rings. The van der Waals surface area contributed by atoms with Crippen LogP contribution in [0.25, 0.3) is 22.4 Å². The fraction of sp³-hybridized carbons (Fsp3) is 0.353. The number of aryl methyl sites for hydroxylation is 1. The standard InChI is InChI=1S/C17H20N6/c1-21-7-9-23(10-8-21)17-18-11-13(12-19-17)16-20-14-5-3-4-6-15(14)22(16)2/h3-6,11-12H,7-10H2,1-2H3. The molecule has 0 saturated carbocycles. The van der Waals surface area contributed by atoms with Gasteiger partial charge >= 0.3 is 0 Å². The first-order chi connectivity index (χ1) is 11.2. The molecule has 1 aliphatic heterocycles. The van der Waals surface area contributed by atoms with Gasteiger partial charge in [-0.15, -0.1) is 0 Å². The van der Waals surface area contributed by atoms with Crippen LogP contribution >= 0.6 is 0 Å². The minimum absolute atomic E-state index is 0.806. The van der Waals surface area contributed by atoms with Gasteiger partial charge in [-0.05, 0) is 19.2 Å². The SMILES string of the molecule is CN1CCN(c2ncc(-c3nc4ccccc4n3C)cn2)CC1. The lowest BCUT2D eigenvalue weighted by Crippen LogP contribution is -2.45. The molecule has 0 unspecified atom stereocenters. The van der Waals surface area contributed by atoms with Crippen LogP contribution in [0.1, 0.15) is 0 Å². The van der Waals surface area contributed by atoms with Gasteiger partial charge < -0.3 is 14.4 Å². The van der Waals surface area contributed by atoms with E-state index in [9.17, 15) is 0 Å². The van der Waals surface area contributed by atoms with Gasteiger partial charge in [-0.1, -0.05) is 12.1 Å². The van der Waals surface area contributed by atoms with E-state index in [1.807, 2.05) is 37.6 Å². The number of benzene rings is 1. The van der Waals surface area contributed by atoms with E-state index in [0.717, 1.165) is 54.5 Å². The Morgan fingerprint density at radius 1 is 0.913 bits per heavy atom. The molecule has 0 spiro atoms. The van der Waals surface area contributed by atoms with Crippen LogP contribution in [-0.2, 0) is 7.05 Å². The molecule has 0 aliphatic carbocycles. The van der Waals surface area contributed by atoms with Gasteiger partial charge in [0.05, 0.1) is 16.6 Å². The number of hydrogen-bond donors (Lipinski definition) is 0. The van der Waals surface area contributed by atoms with E-state index in [1.54, 1.807) is 0 Å². The smallest absolute Gasteiger partial charge is 0.225 e. The molecule has 3 aromatic rings. The highest BCUT2D eigenvalue weighted by Gasteiger charge is 2.17. The molecule has 2 aromatic heterocycles. The predicted molar refractivity (Wildman–Crippen MR) is 91.5 cm³/mol. The van der Waals surface area contributed by atoms with Gasteiger partial charge in [-0.25, -0.2) is 15.0 Å². The number of para-hydroxylation sites is 2. The lowest BCUT2D eigenvalue weighted by atomic mass is 10.3. The summed E-state index contributed by atoms with van der Waals surface area (Å²) in [6.45, 7) is 4.05. The number of piperazine rings is 1. The molecule has 1 aromatic carbocycles. The average Bonchev–Trinajstić information content (AvgIpc) is 2.93. The zero-order valence-electron chi connectivity index (χ0n) is 13.5. The maximum absolute atomic E-state index is 4.70. The summed E-state index contributed by atoms with van der Waals surface area (Å²) in [6, 6.07) is 8.14. The number of imidazole rings is 1. The fourth-order valence-corrected chi connectivity index (χ4v) is 3.01. The summed E-state index contributed by atoms with van der Waals surface area (Å²) >= 11 is 0. The summed E-state index contributed by atoms with van der Waals surface area (Å²) in [5, 5.41) is 0. The Morgan fingerprint density at radius 3 is 2.30 bits per heavy atom. The normalized spacial score (nSPS) is 16.2. The van der Waals surface area contributed by atoms with Crippen molar-refractivity contribution in [2.45, 2.75) is 0 Å². The van der Waals surface area contributed by atoms with Crippen LogP contribution in [0.2, 0.25) is 0 Å². The zero-order valence-corrected chi connectivity index (χ0v) is 13.5. The van der Waals surface area contributed by atoms with Crippen molar-refractivity contribution < 1.29 is 0 Å². The summed E-state index contributed by atoms with van der Waals surface area (Å²) in [7, 11) is 4.17. The van der Waals surface area contributed by atoms with E-state index in [0.29, 0.717) is 0 Å². The summed E-state index contributed by atoms with van der Waals surface area (Å²) in [4.78, 5) is 18.4. The fourth-order valence-electron chi connectivity index (χ4n) is 3.01. The van der Waals surface area contributed by atoms with Crippen LogP contribution in [0, 0.1) is 0 Å². The van der Waals surface area contributed by atoms with Crippen LogP contribution in [-0.4, -0.2) is 57.6 Å². The monoisotopic (exact) mass is 308 g/mol. The van der Waals surface area contributed by atoms with E-state index in [-0.39, 0.29) is 0 Å². The third-order valence-corrected chi connectivity index (χ3v) is 4.47. The zero-order chi connectivity index (χ0) is 15.8. The molecule has 0 radical (unpaired) electrons. The van der Waals surface area contributed by atoms with E-state index >= 15 is 0 Å². The minimum atomic E-state index is 0.806. The maximum atomic E-state index is 4.70. The van der Waals surface area contributed by atoms with Crippen molar-refractivity contribution in [1.29, 1.82) is 0 Å². The molecule has 0 bridgehead atoms. The van der Waals surface area contributed by atoms with Gasteiger partial charge in [0, 0.05) is 45.6 Å². The first-order valence-electron chi connectivity index (χ1n) is 7.90. The van der Waals surface area contributed by atoms with Gasteiger partial charge in [0.15, 0.2) is 0 Å². The van der Waals surface area contributed by atoms with Crippen LogP contribution < -0.4 is 4.90 Å². The molecule has 118 valence electrons. The Bertz CT molecular complexity index is 815. The lowest BCUT2D eigenvalue weighted by molar-refractivity contribution is 0.311. The van der Waals surface area contributed by atoms with Crippen LogP contribution in [0.4, 0.5) is 5.95 Å². The molecule has 6 nitrogen and oxygen atoms in total. The topological polar surface area (TPSA) is 50.1 Å². The summed E-state index contributed by atoms with van der Waals surface area (Å²) in [6.07, 6.45) is 3.75. The van der Waals surface area contributed by atoms with Crippen molar-refractivity contribution in [3.8, 4) is 11.4 Å². The highest BCUT2D eigenvalue weighted by atomic mass is 15.3. The Balaban J connectivity index is 1.63. The molecular formula is C17H20N6. The van der Waals surface area contributed by atoms with Gasteiger partial charge in [0.25, 0.3) is 0 Å². The second kappa shape index (κ2) is 5.62. The van der Waals surface area contributed by atoms with E-state index in [2.05, 4.69) is 37.4 Å². The molecule has 3 heterocycles. The summed E-state index contributed by atoms with van der Waals surface area (Å²) in [5.41, 5.74) is 3.06. The van der Waals surface area contributed by atoms with Crippen molar-refractivity contribution in [3.63, 3.8) is 0 Å². The highest BCUT2D eigenvalue weighted by Crippen LogP contribution is 2.23. The third kappa shape index (κ3) is 2.55. The summed E-state index contributed by atoms with van der Waals surface area (Å²) < 4.78 is 2.09. The van der Waals surface area contributed by atoms with Crippen LogP contribution in [0.3, 0.4) is 0 Å². The van der Waals surface area contributed by atoms with Crippen LogP contribution in [0.15, 0.2) is 36.7 Å². The Hall–Kier alpha value is -2.47. The molecule has 6 heteroatoms. The molecule has 1 saturated heterocycles. The summed E-state index contributed by atoms with van der Waals surface area (Å²) in [5.74, 6) is 1.71. The quantitative estimate of drug-likeness (QED) is 0.722. The first-order valence-corrected chi connectivity index (χ1v) is 7.90. The predicted octanol–water partition coefficient (Wildman–Crippen LogP) is 1.78. The molecule has 23 heavy (non-hydrogen) atoms. The Morgan fingerprint density at radius 2 is 1.61 bits per heavy atom. The molecule has 0 amide bonds. The average molecular weight is 308 g/mol. The van der Waals surface area contributed by atoms with Crippen molar-refractivity contribution in [2.24, 2.45) is 7.05 Å². The molecule has 1 aliphatic rings. The Kier molecular flexibility index (Phi) is 3.46. The largest absolute Gasteiger partial charge is 0.338 e. The van der Waals surface area contributed by atoms with Gasteiger partial charge in [0.2, 0.25) is 5.95 Å². The van der Waals surface area contributed by atoms with Gasteiger partial charge in [-0.3, -0.25) is 0 Å². The van der Waals surface area contributed by atoms with Gasteiger partial charge in [0.1, 0.15) is 5.82 Å². The third-order valence-electron chi connectivity index (χ3n) is 4.47. The van der Waals surface area contributed by atoms with E-state index in [1.165, 1.54) is 0 Å². The molecular weight excluding hydrogens is 288 g/mol. The number of rotatable bonds is 2. The first kappa shape index (κ1) is 14.1. The van der Waals surface area contributed by atoms with Crippen molar-refractivity contribution >= 4 is 17.0 Å². The van der Waals surface area contributed by atoms with Crippen molar-refractivity contribution in [3.05, 3.63) is 36.7 Å². The second-order valence-electron chi connectivity index (χ2n) is 6.05. The number of anilines is 1. The number of aromatic nitrogens is 4. The number of likely N-dealkylation sites (N-methyl/N-ethyl adjacent to an activating group) is 1. The number of hydrogen-bond acceptors (Lipinski definition) is 5. The number of nitrogens with zero attached hydrogens (tertiary/aromatic N) is 6. The van der Waals surface area contributed by atoms with Crippen molar-refractivity contribution in [1.82, 2.24) is 24.4 Å². The Labute approximate surface area is 135 Å². The van der Waals surface area contributed by atoms with E-state index in [4.69, 9.17) is 4.98 Å².